The lowest BCUT2D eigenvalue weighted by Crippen LogP contribution is -2.30. The Bertz CT molecular complexity index is 554. The molecule has 0 saturated heterocycles. The predicted molar refractivity (Wildman–Crippen MR) is 85.2 cm³/mol. The minimum Gasteiger partial charge on any atom is -0.423 e. The Kier molecular flexibility index (Phi) is 7.29. The van der Waals surface area contributed by atoms with Crippen LogP contribution in [-0.2, 0) is 0 Å². The van der Waals surface area contributed by atoms with Crippen LogP contribution in [0.5, 0.6) is 0 Å². The van der Waals surface area contributed by atoms with Crippen molar-refractivity contribution in [2.75, 3.05) is 0 Å². The molecular weight excluding hydrogens is 345 g/mol. The molecule has 0 fully saturated rings. The molecule has 0 spiro atoms. The van der Waals surface area contributed by atoms with E-state index < -0.39 is 14.2 Å². The molecule has 0 aliphatic heterocycles. The van der Waals surface area contributed by atoms with Gasteiger partial charge in [-0.15, -0.1) is 0 Å². The molecule has 104 valence electrons. The Labute approximate surface area is 131 Å². The number of benzene rings is 2. The Morgan fingerprint density at radius 1 is 0.850 bits per heavy atom. The lowest BCUT2D eigenvalue weighted by atomic mass is 9.80. The highest BCUT2D eigenvalue weighted by Crippen LogP contribution is 2.05. The van der Waals surface area contributed by atoms with E-state index in [1.807, 2.05) is 6.07 Å². The number of halogens is 2. The molecule has 0 aliphatic carbocycles. The summed E-state index contributed by atoms with van der Waals surface area (Å²) in [5, 5.41) is 35.1. The summed E-state index contributed by atoms with van der Waals surface area (Å²) in [4.78, 5) is 0. The smallest absolute Gasteiger partial charge is 0.423 e. The van der Waals surface area contributed by atoms with Gasteiger partial charge in [-0.1, -0.05) is 57.9 Å². The molecule has 0 bridgehead atoms. The molecule has 2 aromatic carbocycles. The standard InChI is InChI=1S/C6H6BBrO2.C6H6BClO2/c8-6-3-1-2-5(4-6)7(9)10;8-6-4-2-1-3-5(6)7(9)10/h2*1-4,9-10H. The Morgan fingerprint density at radius 3 is 1.90 bits per heavy atom. The Hall–Kier alpha value is -0.820. The van der Waals surface area contributed by atoms with E-state index in [9.17, 15) is 0 Å². The van der Waals surface area contributed by atoms with Gasteiger partial charge in [0.2, 0.25) is 0 Å². The minimum atomic E-state index is -1.48. The van der Waals surface area contributed by atoms with Crippen LogP contribution in [0.15, 0.2) is 53.0 Å². The number of rotatable bonds is 2. The normalized spacial score (nSPS) is 9.50. The molecule has 0 radical (unpaired) electrons. The average molecular weight is 357 g/mol. The highest BCUT2D eigenvalue weighted by atomic mass is 79.9. The third-order valence-corrected chi connectivity index (χ3v) is 3.17. The van der Waals surface area contributed by atoms with E-state index in [4.69, 9.17) is 31.7 Å². The van der Waals surface area contributed by atoms with Gasteiger partial charge >= 0.3 is 14.2 Å². The van der Waals surface area contributed by atoms with Gasteiger partial charge in [0.25, 0.3) is 0 Å². The lowest BCUT2D eigenvalue weighted by Gasteiger charge is -1.99. The van der Waals surface area contributed by atoms with E-state index in [0.29, 0.717) is 15.9 Å². The van der Waals surface area contributed by atoms with Gasteiger partial charge in [-0.05, 0) is 23.7 Å². The molecule has 0 unspecified atom stereocenters. The van der Waals surface area contributed by atoms with Gasteiger partial charge in [-0.3, -0.25) is 0 Å². The first-order chi connectivity index (χ1) is 9.41. The topological polar surface area (TPSA) is 80.9 Å². The van der Waals surface area contributed by atoms with Crippen molar-refractivity contribution in [3.8, 4) is 0 Å². The van der Waals surface area contributed by atoms with E-state index in [0.717, 1.165) is 4.47 Å². The van der Waals surface area contributed by atoms with E-state index in [1.165, 1.54) is 0 Å². The average Bonchev–Trinajstić information content (AvgIpc) is 2.39. The van der Waals surface area contributed by atoms with E-state index in [1.54, 1.807) is 42.5 Å². The lowest BCUT2D eigenvalue weighted by molar-refractivity contribution is 0.424. The van der Waals surface area contributed by atoms with E-state index in [2.05, 4.69) is 15.9 Å². The summed E-state index contributed by atoms with van der Waals surface area (Å²) >= 11 is 8.81. The molecule has 2 rings (SSSR count). The van der Waals surface area contributed by atoms with Crippen LogP contribution in [0.25, 0.3) is 0 Å². The van der Waals surface area contributed by atoms with Gasteiger partial charge in [0.1, 0.15) is 0 Å². The predicted octanol–water partition coefficient (Wildman–Crippen LogP) is 0.149. The van der Waals surface area contributed by atoms with Crippen molar-refractivity contribution < 1.29 is 20.1 Å². The molecule has 20 heavy (non-hydrogen) atoms. The first-order valence-electron chi connectivity index (χ1n) is 5.64. The molecule has 0 aromatic heterocycles. The van der Waals surface area contributed by atoms with Crippen LogP contribution in [0, 0.1) is 0 Å². The zero-order valence-corrected chi connectivity index (χ0v) is 12.7. The van der Waals surface area contributed by atoms with Crippen molar-refractivity contribution in [2.24, 2.45) is 0 Å². The zero-order chi connectivity index (χ0) is 15.1. The summed E-state index contributed by atoms with van der Waals surface area (Å²) in [6.07, 6.45) is 0. The van der Waals surface area contributed by atoms with Crippen molar-refractivity contribution in [2.45, 2.75) is 0 Å². The highest BCUT2D eigenvalue weighted by molar-refractivity contribution is 9.10. The van der Waals surface area contributed by atoms with Crippen molar-refractivity contribution in [1.82, 2.24) is 0 Å². The molecule has 4 N–H and O–H groups in total. The van der Waals surface area contributed by atoms with Crippen LogP contribution < -0.4 is 10.9 Å². The SMILES string of the molecule is OB(O)c1cccc(Br)c1.OB(O)c1ccccc1Cl. The second-order valence-electron chi connectivity index (χ2n) is 3.82. The Balaban J connectivity index is 0.000000200. The Morgan fingerprint density at radius 2 is 1.50 bits per heavy atom. The summed E-state index contributed by atoms with van der Waals surface area (Å²) in [5.74, 6) is 0. The van der Waals surface area contributed by atoms with Crippen LogP contribution in [0.2, 0.25) is 5.02 Å². The second kappa shape index (κ2) is 8.46. The zero-order valence-electron chi connectivity index (χ0n) is 10.3. The monoisotopic (exact) mass is 356 g/mol. The maximum Gasteiger partial charge on any atom is 0.489 e. The minimum absolute atomic E-state index is 0.337. The highest BCUT2D eigenvalue weighted by Gasteiger charge is 2.13. The van der Waals surface area contributed by atoms with Gasteiger partial charge in [-0.2, -0.15) is 0 Å². The summed E-state index contributed by atoms with van der Waals surface area (Å²) in [7, 11) is -2.86. The molecule has 2 aromatic rings. The van der Waals surface area contributed by atoms with E-state index in [-0.39, 0.29) is 0 Å². The molecule has 0 amide bonds. The molecule has 0 heterocycles. The van der Waals surface area contributed by atoms with Crippen molar-refractivity contribution in [3.05, 3.63) is 58.0 Å². The van der Waals surface area contributed by atoms with Crippen LogP contribution >= 0.6 is 27.5 Å². The molecule has 0 saturated carbocycles. The molecule has 4 nitrogen and oxygen atoms in total. The summed E-state index contributed by atoms with van der Waals surface area (Å²) < 4.78 is 0.845. The summed E-state index contributed by atoms with van der Waals surface area (Å²) in [6, 6.07) is 13.5. The van der Waals surface area contributed by atoms with Crippen molar-refractivity contribution in [3.63, 3.8) is 0 Å². The number of hydrogen-bond donors (Lipinski definition) is 4. The van der Waals surface area contributed by atoms with Crippen LogP contribution in [0.1, 0.15) is 0 Å². The first kappa shape index (κ1) is 17.2. The van der Waals surface area contributed by atoms with Crippen LogP contribution in [0.4, 0.5) is 0 Å². The first-order valence-corrected chi connectivity index (χ1v) is 6.81. The third kappa shape index (κ3) is 5.66. The van der Waals surface area contributed by atoms with E-state index >= 15 is 0 Å². The van der Waals surface area contributed by atoms with Crippen molar-refractivity contribution >= 4 is 52.7 Å². The quantitative estimate of drug-likeness (QED) is 0.577. The maximum atomic E-state index is 8.68. The van der Waals surface area contributed by atoms with Crippen molar-refractivity contribution in [1.29, 1.82) is 0 Å². The fourth-order valence-corrected chi connectivity index (χ4v) is 2.00. The molecule has 8 heteroatoms. The third-order valence-electron chi connectivity index (χ3n) is 2.33. The number of hydrogen-bond acceptors (Lipinski definition) is 4. The second-order valence-corrected chi connectivity index (χ2v) is 5.15. The van der Waals surface area contributed by atoms with Crippen LogP contribution in [-0.4, -0.2) is 34.3 Å². The largest absolute Gasteiger partial charge is 0.489 e. The van der Waals surface area contributed by atoms with Gasteiger partial charge in [0.15, 0.2) is 0 Å². The summed E-state index contributed by atoms with van der Waals surface area (Å²) in [5.41, 5.74) is 0.832. The van der Waals surface area contributed by atoms with Gasteiger partial charge in [0.05, 0.1) is 0 Å². The van der Waals surface area contributed by atoms with Gasteiger partial charge in [-0.25, -0.2) is 0 Å². The van der Waals surface area contributed by atoms with Gasteiger partial charge in [0, 0.05) is 15.0 Å². The molecule has 0 aliphatic rings. The summed E-state index contributed by atoms with van der Waals surface area (Å²) in [6.45, 7) is 0. The molecule has 0 atom stereocenters. The van der Waals surface area contributed by atoms with Crippen LogP contribution in [0.3, 0.4) is 0 Å². The molecular formula is C12H12B2BrClO4. The van der Waals surface area contributed by atoms with Gasteiger partial charge < -0.3 is 20.1 Å². The fourth-order valence-electron chi connectivity index (χ4n) is 1.35. The fraction of sp³-hybridized carbons (Fsp3) is 0. The maximum absolute atomic E-state index is 8.68.